The molecule has 0 aromatic heterocycles. The summed E-state index contributed by atoms with van der Waals surface area (Å²) in [5.41, 5.74) is 1.59. The van der Waals surface area contributed by atoms with E-state index in [0.717, 1.165) is 6.54 Å². The van der Waals surface area contributed by atoms with Crippen molar-refractivity contribution in [2.45, 2.75) is 46.3 Å². The molecule has 1 aliphatic heterocycles. The molecule has 1 amide bonds. The maximum Gasteiger partial charge on any atom is 0.241 e. The highest BCUT2D eigenvalue weighted by Gasteiger charge is 2.50. The molecule has 2 aliphatic rings. The van der Waals surface area contributed by atoms with Crippen LogP contribution in [0, 0.1) is 17.3 Å². The van der Waals surface area contributed by atoms with Crippen LogP contribution in [0.2, 0.25) is 0 Å². The summed E-state index contributed by atoms with van der Waals surface area (Å²) >= 11 is 0. The molecule has 114 valence electrons. The number of nitrogens with one attached hydrogen (secondary N) is 1. The quantitative estimate of drug-likeness (QED) is 0.922. The number of amides is 1. The van der Waals surface area contributed by atoms with E-state index < -0.39 is 0 Å². The molecule has 1 N–H and O–H groups in total. The lowest BCUT2D eigenvalue weighted by molar-refractivity contribution is -0.131. The molecule has 0 spiro atoms. The normalized spacial score (nSPS) is 31.0. The Kier molecular flexibility index (Phi) is 3.56. The van der Waals surface area contributed by atoms with Gasteiger partial charge in [-0.05, 0) is 29.2 Å². The van der Waals surface area contributed by atoms with Gasteiger partial charge in [-0.1, -0.05) is 58.0 Å². The lowest BCUT2D eigenvalue weighted by atomic mass is 10.0. The Bertz CT molecular complexity index is 523. The van der Waals surface area contributed by atoms with Gasteiger partial charge in [0.25, 0.3) is 0 Å². The van der Waals surface area contributed by atoms with Crippen molar-refractivity contribution in [3.8, 4) is 0 Å². The van der Waals surface area contributed by atoms with E-state index in [1.807, 2.05) is 18.2 Å². The average molecular weight is 286 g/mol. The highest BCUT2D eigenvalue weighted by Crippen LogP contribution is 2.52. The minimum atomic E-state index is -0.0583. The minimum Gasteiger partial charge on any atom is -0.321 e. The zero-order valence-electron chi connectivity index (χ0n) is 13.5. The molecule has 1 saturated heterocycles. The molecule has 0 radical (unpaired) electrons. The van der Waals surface area contributed by atoms with Crippen LogP contribution in [0.25, 0.3) is 0 Å². The van der Waals surface area contributed by atoms with Crippen LogP contribution in [0.3, 0.4) is 0 Å². The Labute approximate surface area is 127 Å². The Balaban J connectivity index is 1.83. The molecule has 3 atom stereocenters. The molecule has 3 nitrogen and oxygen atoms in total. The molecule has 1 aromatic carbocycles. The number of carbonyl (C=O) groups excluding carboxylic acids is 1. The predicted molar refractivity (Wildman–Crippen MR) is 84.5 cm³/mol. The fourth-order valence-electron chi connectivity index (χ4n) is 3.35. The third kappa shape index (κ3) is 2.71. The monoisotopic (exact) mass is 286 g/mol. The Morgan fingerprint density at radius 2 is 1.90 bits per heavy atom. The first-order valence-corrected chi connectivity index (χ1v) is 8.01. The lowest BCUT2D eigenvalue weighted by Gasteiger charge is -2.25. The van der Waals surface area contributed by atoms with Crippen LogP contribution in [-0.2, 0) is 4.79 Å². The van der Waals surface area contributed by atoms with E-state index >= 15 is 0 Å². The van der Waals surface area contributed by atoms with Crippen LogP contribution < -0.4 is 5.32 Å². The smallest absolute Gasteiger partial charge is 0.241 e. The van der Waals surface area contributed by atoms with Crippen molar-refractivity contribution >= 4 is 5.91 Å². The van der Waals surface area contributed by atoms with Gasteiger partial charge in [0.1, 0.15) is 6.17 Å². The van der Waals surface area contributed by atoms with Crippen LogP contribution in [0.5, 0.6) is 0 Å². The highest BCUT2D eigenvalue weighted by molar-refractivity contribution is 5.85. The first kappa shape index (κ1) is 14.6. The number of nitrogens with zero attached hydrogens (tertiary/aromatic N) is 1. The molecule has 3 rings (SSSR count). The molecule has 1 heterocycles. The van der Waals surface area contributed by atoms with E-state index in [1.165, 1.54) is 12.0 Å². The van der Waals surface area contributed by atoms with E-state index in [0.29, 0.717) is 17.3 Å². The molecule has 3 unspecified atom stereocenters. The fourth-order valence-corrected chi connectivity index (χ4v) is 3.35. The number of hydrogen-bond donors (Lipinski definition) is 1. The number of rotatable bonds is 4. The maximum absolute atomic E-state index is 12.8. The fraction of sp³-hybridized carbons (Fsp3) is 0.611. The maximum atomic E-state index is 12.8. The van der Waals surface area contributed by atoms with Gasteiger partial charge in [0.2, 0.25) is 5.91 Å². The Hall–Kier alpha value is -1.35. The lowest BCUT2D eigenvalue weighted by Crippen LogP contribution is -2.35. The average Bonchev–Trinajstić information content (AvgIpc) is 2.90. The zero-order chi connectivity index (χ0) is 15.2. The molecule has 1 saturated carbocycles. The minimum absolute atomic E-state index is 0.0301. The van der Waals surface area contributed by atoms with Crippen LogP contribution in [-0.4, -0.2) is 23.4 Å². The largest absolute Gasteiger partial charge is 0.321 e. The molecule has 2 fully saturated rings. The second-order valence-electron chi connectivity index (χ2n) is 7.58. The van der Waals surface area contributed by atoms with Crippen LogP contribution >= 0.6 is 0 Å². The molecule has 3 heteroatoms. The first-order valence-electron chi connectivity index (χ1n) is 8.01. The van der Waals surface area contributed by atoms with Gasteiger partial charge in [0.05, 0.1) is 6.04 Å². The Morgan fingerprint density at radius 3 is 2.43 bits per heavy atom. The van der Waals surface area contributed by atoms with Gasteiger partial charge in [-0.25, -0.2) is 0 Å². The van der Waals surface area contributed by atoms with Gasteiger partial charge in [-0.15, -0.1) is 0 Å². The van der Waals surface area contributed by atoms with Gasteiger partial charge in [0.15, 0.2) is 0 Å². The van der Waals surface area contributed by atoms with Crippen LogP contribution in [0.4, 0.5) is 0 Å². The third-order valence-electron chi connectivity index (χ3n) is 5.11. The van der Waals surface area contributed by atoms with Gasteiger partial charge >= 0.3 is 0 Å². The predicted octanol–water partition coefficient (Wildman–Crippen LogP) is 3.19. The Morgan fingerprint density at radius 1 is 1.29 bits per heavy atom. The third-order valence-corrected chi connectivity index (χ3v) is 5.11. The summed E-state index contributed by atoms with van der Waals surface area (Å²) in [5.74, 6) is 1.22. The molecular weight excluding hydrogens is 260 g/mol. The van der Waals surface area contributed by atoms with Crippen molar-refractivity contribution in [1.29, 1.82) is 0 Å². The molecule has 1 aromatic rings. The van der Waals surface area contributed by atoms with Crippen molar-refractivity contribution in [1.82, 2.24) is 10.2 Å². The summed E-state index contributed by atoms with van der Waals surface area (Å²) in [7, 11) is 0. The molecular formula is C18H26N2O. The number of benzene rings is 1. The SMILES string of the molecule is CC(C)C1NC(c2ccccc2)N(CC2CC2(C)C)C1=O. The van der Waals surface area contributed by atoms with Crippen molar-refractivity contribution in [2.24, 2.45) is 17.3 Å². The van der Waals surface area contributed by atoms with Crippen molar-refractivity contribution in [3.63, 3.8) is 0 Å². The second kappa shape index (κ2) is 5.13. The molecule has 0 bridgehead atoms. The summed E-state index contributed by atoms with van der Waals surface area (Å²) in [6.45, 7) is 9.69. The summed E-state index contributed by atoms with van der Waals surface area (Å²) in [4.78, 5) is 14.8. The van der Waals surface area contributed by atoms with Gasteiger partial charge in [-0.3, -0.25) is 10.1 Å². The van der Waals surface area contributed by atoms with E-state index in [4.69, 9.17) is 0 Å². The second-order valence-corrected chi connectivity index (χ2v) is 7.58. The topological polar surface area (TPSA) is 32.3 Å². The number of hydrogen-bond acceptors (Lipinski definition) is 2. The van der Waals surface area contributed by atoms with Crippen LogP contribution in [0.15, 0.2) is 30.3 Å². The van der Waals surface area contributed by atoms with Crippen LogP contribution in [0.1, 0.15) is 45.8 Å². The van der Waals surface area contributed by atoms with Gasteiger partial charge < -0.3 is 4.90 Å². The van der Waals surface area contributed by atoms with E-state index in [2.05, 4.69) is 50.0 Å². The summed E-state index contributed by atoms with van der Waals surface area (Å²) in [6.07, 6.45) is 1.26. The van der Waals surface area contributed by atoms with E-state index in [9.17, 15) is 4.79 Å². The van der Waals surface area contributed by atoms with Crippen molar-refractivity contribution < 1.29 is 4.79 Å². The summed E-state index contributed by atoms with van der Waals surface area (Å²) < 4.78 is 0. The van der Waals surface area contributed by atoms with Gasteiger partial charge in [-0.2, -0.15) is 0 Å². The molecule has 1 aliphatic carbocycles. The van der Waals surface area contributed by atoms with Gasteiger partial charge in [0, 0.05) is 6.54 Å². The highest BCUT2D eigenvalue weighted by atomic mass is 16.2. The first-order chi connectivity index (χ1) is 9.90. The standard InChI is InChI=1S/C18H26N2O/c1-12(2)15-17(21)20(11-14-10-18(14,3)4)16(19-15)13-8-6-5-7-9-13/h5-9,12,14-16,19H,10-11H2,1-4H3. The zero-order valence-corrected chi connectivity index (χ0v) is 13.5. The summed E-state index contributed by atoms with van der Waals surface area (Å²) in [6, 6.07) is 10.3. The van der Waals surface area contributed by atoms with E-state index in [-0.39, 0.29) is 18.1 Å². The van der Waals surface area contributed by atoms with Crippen molar-refractivity contribution in [2.75, 3.05) is 6.54 Å². The van der Waals surface area contributed by atoms with Crippen molar-refractivity contribution in [3.05, 3.63) is 35.9 Å². The summed E-state index contributed by atoms with van der Waals surface area (Å²) in [5, 5.41) is 3.54. The number of carbonyl (C=O) groups is 1. The molecule has 21 heavy (non-hydrogen) atoms. The van der Waals surface area contributed by atoms with E-state index in [1.54, 1.807) is 0 Å².